The Balaban J connectivity index is 0.958. The van der Waals surface area contributed by atoms with Crippen molar-refractivity contribution < 1.29 is 4.42 Å². The van der Waals surface area contributed by atoms with Crippen LogP contribution in [0.4, 0.5) is 34.1 Å². The summed E-state index contributed by atoms with van der Waals surface area (Å²) in [6.07, 6.45) is 0. The fourth-order valence-electron chi connectivity index (χ4n) is 17.5. The molecular weight excluding hydrogens is 1390 g/mol. The van der Waals surface area contributed by atoms with E-state index in [2.05, 4.69) is 461 Å². The highest BCUT2D eigenvalue weighted by atomic mass is 16.3. The van der Waals surface area contributed by atoms with Crippen molar-refractivity contribution in [2.75, 3.05) is 9.80 Å². The average Bonchev–Trinajstić information content (AvgIpc) is 1.65. The maximum atomic E-state index is 7.27. The van der Waals surface area contributed by atoms with Crippen LogP contribution in [-0.4, -0.2) is 9.13 Å². The van der Waals surface area contributed by atoms with Gasteiger partial charge in [-0.1, -0.05) is 333 Å². The molecule has 3 heterocycles. The van der Waals surface area contributed by atoms with Crippen LogP contribution < -0.4 is 9.80 Å². The van der Waals surface area contributed by atoms with Gasteiger partial charge in [-0.25, -0.2) is 0 Å². The molecule has 0 radical (unpaired) electrons. The van der Waals surface area contributed by atoms with E-state index in [0.29, 0.717) is 0 Å². The van der Waals surface area contributed by atoms with E-state index in [9.17, 15) is 0 Å². The first kappa shape index (κ1) is 69.9. The fourth-order valence-corrected chi connectivity index (χ4v) is 17.5. The van der Waals surface area contributed by atoms with E-state index < -0.39 is 0 Å². The van der Waals surface area contributed by atoms with Crippen molar-refractivity contribution in [3.8, 4) is 89.3 Å². The lowest BCUT2D eigenvalue weighted by molar-refractivity contribution is 0.590. The molecule has 0 saturated heterocycles. The average molecular weight is 1480 g/mol. The first-order valence-corrected chi connectivity index (χ1v) is 40.0. The van der Waals surface area contributed by atoms with Gasteiger partial charge >= 0.3 is 0 Å². The summed E-state index contributed by atoms with van der Waals surface area (Å²) in [5, 5.41) is 6.65. The summed E-state index contributed by atoms with van der Waals surface area (Å²) in [6, 6.07) is 148. The number of para-hydroxylation sites is 6. The van der Waals surface area contributed by atoms with Crippen molar-refractivity contribution in [1.82, 2.24) is 9.13 Å². The van der Waals surface area contributed by atoms with Gasteiger partial charge in [0.2, 0.25) is 0 Å². The van der Waals surface area contributed by atoms with Crippen molar-refractivity contribution >= 4 is 99.7 Å². The lowest BCUT2D eigenvalue weighted by atomic mass is 9.81. The van der Waals surface area contributed by atoms with Gasteiger partial charge in [0, 0.05) is 94.0 Å². The fraction of sp³-hybridized carbons (Fsp3) is 0.0727. The van der Waals surface area contributed by atoms with Crippen LogP contribution in [0.2, 0.25) is 0 Å². The highest BCUT2D eigenvalue weighted by molar-refractivity contribution is 6.15. The van der Waals surface area contributed by atoms with Crippen LogP contribution in [-0.2, 0) is 10.8 Å². The van der Waals surface area contributed by atoms with Crippen molar-refractivity contribution in [2.45, 2.75) is 52.4 Å². The SMILES string of the molecule is CC(C)(C)c1cc(-c2ccccc2)c(N(c2cc(-c3cccc4c3oc3ccccc34)cc(N(c3ccc4c(c3)c3ccccc3n4-c3ccccc3-c3ccccc3)c3c(-c4ccccc4)cc(C(C)(C)C)cc3-c3ccccc3)c2)c2ccc3c(c2)c2ccccc2n3-c2ccccc2-c2ccccc2)c(-c2ccccc2)c1. The van der Waals surface area contributed by atoms with Gasteiger partial charge in [0.05, 0.1) is 44.8 Å². The van der Waals surface area contributed by atoms with E-state index in [-0.39, 0.29) is 10.8 Å². The highest BCUT2D eigenvalue weighted by Crippen LogP contribution is 2.56. The monoisotopic (exact) mass is 1480 g/mol. The van der Waals surface area contributed by atoms with Crippen molar-refractivity contribution in [2.24, 2.45) is 0 Å². The molecule has 0 unspecified atom stereocenters. The third-order valence-electron chi connectivity index (χ3n) is 23.2. The van der Waals surface area contributed by atoms with Crippen LogP contribution in [0.15, 0.2) is 405 Å². The molecular formula is C110H84N4O. The van der Waals surface area contributed by atoms with Gasteiger partial charge in [0.15, 0.2) is 0 Å². The normalized spacial score (nSPS) is 11.9. The Bertz CT molecular complexity index is 6590. The number of aromatic nitrogens is 2. The molecule has 3 aromatic heterocycles. The van der Waals surface area contributed by atoms with Crippen LogP contribution in [0.5, 0.6) is 0 Å². The zero-order valence-corrected chi connectivity index (χ0v) is 65.3. The summed E-state index contributed by atoms with van der Waals surface area (Å²) in [6.45, 7) is 14.0. The maximum absolute atomic E-state index is 7.27. The van der Waals surface area contributed by atoms with Gasteiger partial charge in [-0.3, -0.25) is 0 Å². The Morgan fingerprint density at radius 2 is 0.530 bits per heavy atom. The number of hydrogen-bond donors (Lipinski definition) is 0. The van der Waals surface area contributed by atoms with E-state index in [1.165, 1.54) is 11.1 Å². The second-order valence-corrected chi connectivity index (χ2v) is 32.4. The molecule has 17 aromatic carbocycles. The van der Waals surface area contributed by atoms with Crippen molar-refractivity contribution in [1.29, 1.82) is 0 Å². The smallest absolute Gasteiger partial charge is 0.143 e. The maximum Gasteiger partial charge on any atom is 0.143 e. The summed E-state index contributed by atoms with van der Waals surface area (Å²) in [5.74, 6) is 0. The first-order valence-electron chi connectivity index (χ1n) is 40.0. The van der Waals surface area contributed by atoms with Crippen LogP contribution in [0, 0.1) is 0 Å². The third kappa shape index (κ3) is 12.4. The molecule has 115 heavy (non-hydrogen) atoms. The Hall–Kier alpha value is -14.3. The minimum Gasteiger partial charge on any atom is -0.455 e. The lowest BCUT2D eigenvalue weighted by Crippen LogP contribution is -2.18. The number of rotatable bonds is 15. The summed E-state index contributed by atoms with van der Waals surface area (Å²) >= 11 is 0. The largest absolute Gasteiger partial charge is 0.455 e. The van der Waals surface area contributed by atoms with Gasteiger partial charge in [0.1, 0.15) is 11.2 Å². The summed E-state index contributed by atoms with van der Waals surface area (Å²) < 4.78 is 12.2. The van der Waals surface area contributed by atoms with Gasteiger partial charge < -0.3 is 23.4 Å². The van der Waals surface area contributed by atoms with Crippen LogP contribution in [0.3, 0.4) is 0 Å². The third-order valence-corrected chi connectivity index (χ3v) is 23.2. The Morgan fingerprint density at radius 1 is 0.217 bits per heavy atom. The quantitative estimate of drug-likeness (QED) is 0.102. The molecule has 20 aromatic rings. The van der Waals surface area contributed by atoms with Crippen LogP contribution >= 0.6 is 0 Å². The summed E-state index contributed by atoms with van der Waals surface area (Å²) in [7, 11) is 0. The molecule has 5 nitrogen and oxygen atoms in total. The molecule has 0 atom stereocenters. The molecule has 0 N–H and O–H groups in total. The van der Waals surface area contributed by atoms with Gasteiger partial charge in [-0.15, -0.1) is 0 Å². The van der Waals surface area contributed by atoms with Gasteiger partial charge in [-0.2, -0.15) is 0 Å². The number of nitrogens with zero attached hydrogens (tertiary/aromatic N) is 4. The van der Waals surface area contributed by atoms with Gasteiger partial charge in [0.25, 0.3) is 0 Å². The summed E-state index contributed by atoms with van der Waals surface area (Å²) in [4.78, 5) is 5.20. The second kappa shape index (κ2) is 28.5. The van der Waals surface area contributed by atoms with E-state index in [4.69, 9.17) is 4.42 Å². The lowest BCUT2D eigenvalue weighted by Gasteiger charge is -2.35. The number of benzene rings is 17. The molecule has 5 heteroatoms. The predicted molar refractivity (Wildman–Crippen MR) is 487 cm³/mol. The van der Waals surface area contributed by atoms with E-state index in [1.54, 1.807) is 0 Å². The van der Waals surface area contributed by atoms with E-state index >= 15 is 0 Å². The highest BCUT2D eigenvalue weighted by Gasteiger charge is 2.33. The minimum atomic E-state index is -0.250. The number of fused-ring (bicyclic) bond motifs is 9. The topological polar surface area (TPSA) is 29.5 Å². The standard InChI is InChI=1S/C110H84N4O/c1-109(2,3)80-66-93(75-40-17-9-18-41-75)106(94(67-80)76-42-19-10-20-43-76)111(82-60-62-103-97(71-82)89-50-27-32-57-101(89)113(103)99-55-30-25-48-86(99)73-36-13-7-14-37-73)84-64-79(88-53-35-54-92-91-52-29-34-59-105(91)115-108(88)92)65-85(70-84)112(107-95(77-44-21-11-22-45-77)68-81(110(4,5)6)69-96(107)78-46-23-12-24-47-78)83-61-63-104-98(72-83)90-51-28-33-58-102(90)114(104)100-56-31-26-49-87(100)74-38-15-8-16-39-74/h7-72H,1-6H3. The zero-order valence-electron chi connectivity index (χ0n) is 65.3. The zero-order chi connectivity index (χ0) is 77.5. The minimum absolute atomic E-state index is 0.250. The van der Waals surface area contributed by atoms with Gasteiger partial charge in [-0.05, 0) is 170 Å². The molecule has 0 bridgehead atoms. The molecule has 0 spiro atoms. The van der Waals surface area contributed by atoms with Crippen LogP contribution in [0.1, 0.15) is 52.7 Å². The molecule has 0 fully saturated rings. The summed E-state index contributed by atoms with van der Waals surface area (Å²) in [5.41, 5.74) is 31.5. The molecule has 0 amide bonds. The van der Waals surface area contributed by atoms with E-state index in [0.717, 1.165) is 189 Å². The Kier molecular flexibility index (Phi) is 17.3. The molecule has 0 aliphatic heterocycles. The number of anilines is 6. The first-order chi connectivity index (χ1) is 56.3. The molecule has 0 aliphatic carbocycles. The number of furan rings is 1. The number of hydrogen-bond acceptors (Lipinski definition) is 3. The second-order valence-electron chi connectivity index (χ2n) is 32.4. The predicted octanol–water partition coefficient (Wildman–Crippen LogP) is 31.0. The van der Waals surface area contributed by atoms with Crippen molar-refractivity contribution in [3.05, 3.63) is 412 Å². The molecule has 0 saturated carbocycles. The Morgan fingerprint density at radius 3 is 0.922 bits per heavy atom. The Labute approximate surface area is 671 Å². The van der Waals surface area contributed by atoms with E-state index in [1.807, 2.05) is 0 Å². The van der Waals surface area contributed by atoms with Crippen molar-refractivity contribution in [3.63, 3.8) is 0 Å². The van der Waals surface area contributed by atoms with Crippen LogP contribution in [0.25, 0.3) is 155 Å². The molecule has 550 valence electrons. The molecule has 0 aliphatic rings. The molecule has 20 rings (SSSR count).